The summed E-state index contributed by atoms with van der Waals surface area (Å²) in [6.07, 6.45) is 1.91. The van der Waals surface area contributed by atoms with E-state index in [0.717, 1.165) is 29.7 Å². The van der Waals surface area contributed by atoms with Crippen LogP contribution in [0, 0.1) is 12.7 Å². The molecule has 1 unspecified atom stereocenters. The van der Waals surface area contributed by atoms with Crippen LogP contribution in [0.4, 0.5) is 9.52 Å². The molecule has 0 spiro atoms. The molecule has 1 amide bonds. The van der Waals surface area contributed by atoms with E-state index in [0.29, 0.717) is 33.6 Å². The van der Waals surface area contributed by atoms with E-state index in [2.05, 4.69) is 17.1 Å². The zero-order valence-corrected chi connectivity index (χ0v) is 24.2. The fourth-order valence-electron chi connectivity index (χ4n) is 4.41. The van der Waals surface area contributed by atoms with Crippen LogP contribution in [0.25, 0.3) is 5.76 Å². The topological polar surface area (TPSA) is 92.6 Å². The predicted molar refractivity (Wildman–Crippen MR) is 159 cm³/mol. The number of aliphatic hydroxyl groups is 1. The number of Topliss-reactive ketones (excluding diaryl/α,β-unsaturated/α-hetero) is 1. The quantitative estimate of drug-likeness (QED) is 0.0528. The maximum atomic E-state index is 14.3. The van der Waals surface area contributed by atoms with Crippen molar-refractivity contribution in [1.82, 2.24) is 10.2 Å². The Hall–Kier alpha value is -4.02. The van der Waals surface area contributed by atoms with Crippen molar-refractivity contribution in [3.8, 4) is 5.75 Å². The number of benzene rings is 3. The zero-order chi connectivity index (χ0) is 28.9. The van der Waals surface area contributed by atoms with Crippen LogP contribution in [0.5, 0.6) is 5.75 Å². The number of aromatic nitrogens is 2. The van der Waals surface area contributed by atoms with Gasteiger partial charge in [-0.25, -0.2) is 4.39 Å². The number of carbonyl (C=O) groups excluding carboxylic acids is 2. The highest BCUT2D eigenvalue weighted by Crippen LogP contribution is 2.44. The minimum atomic E-state index is -1.09. The first-order valence-corrected chi connectivity index (χ1v) is 15.0. The molecule has 1 atom stereocenters. The van der Waals surface area contributed by atoms with Gasteiger partial charge in [-0.2, -0.15) is 0 Å². The number of thioether (sulfide) groups is 1. The molecule has 1 aliphatic rings. The van der Waals surface area contributed by atoms with Crippen LogP contribution < -0.4 is 9.64 Å². The van der Waals surface area contributed by atoms with E-state index in [9.17, 15) is 19.1 Å². The van der Waals surface area contributed by atoms with Gasteiger partial charge in [-0.15, -0.1) is 10.2 Å². The summed E-state index contributed by atoms with van der Waals surface area (Å²) in [6, 6.07) is 19.3. The molecule has 5 rings (SSSR count). The lowest BCUT2D eigenvalue weighted by molar-refractivity contribution is -0.132. The summed E-state index contributed by atoms with van der Waals surface area (Å²) in [4.78, 5) is 28.0. The van der Waals surface area contributed by atoms with Gasteiger partial charge >= 0.3 is 5.91 Å². The van der Waals surface area contributed by atoms with Gasteiger partial charge in [0.15, 0.2) is 4.34 Å². The number of aryl methyl sites for hydroxylation is 1. The van der Waals surface area contributed by atoms with Crippen LogP contribution >= 0.6 is 23.1 Å². The SMILES string of the molecule is CCCCOc1ccc(/C(O)=C2\C(=O)C(=O)N(c3nnc(SCc4ccc(C)cc4)s3)C2c2cccc(F)c2)cc1. The Kier molecular flexibility index (Phi) is 8.80. The molecule has 41 heavy (non-hydrogen) atoms. The zero-order valence-electron chi connectivity index (χ0n) is 22.5. The summed E-state index contributed by atoms with van der Waals surface area (Å²) in [5.41, 5.74) is 2.79. The average molecular weight is 590 g/mol. The molecule has 10 heteroatoms. The van der Waals surface area contributed by atoms with Gasteiger partial charge in [-0.05, 0) is 60.9 Å². The minimum Gasteiger partial charge on any atom is -0.507 e. The molecule has 0 saturated carbocycles. The number of ether oxygens (including phenoxy) is 1. The minimum absolute atomic E-state index is 0.149. The molecule has 7 nitrogen and oxygen atoms in total. The maximum Gasteiger partial charge on any atom is 0.301 e. The fourth-order valence-corrected chi connectivity index (χ4v) is 6.23. The second-order valence-corrected chi connectivity index (χ2v) is 11.8. The van der Waals surface area contributed by atoms with Gasteiger partial charge in [0.2, 0.25) is 5.13 Å². The van der Waals surface area contributed by atoms with Gasteiger partial charge in [0.05, 0.1) is 18.2 Å². The van der Waals surface area contributed by atoms with E-state index in [1.807, 2.05) is 31.2 Å². The van der Waals surface area contributed by atoms with Crippen molar-refractivity contribution in [2.45, 2.75) is 42.8 Å². The number of hydrogen-bond donors (Lipinski definition) is 1. The van der Waals surface area contributed by atoms with E-state index in [-0.39, 0.29) is 16.5 Å². The molecule has 1 aromatic heterocycles. The molecule has 0 aliphatic carbocycles. The van der Waals surface area contributed by atoms with Gasteiger partial charge < -0.3 is 9.84 Å². The average Bonchev–Trinajstić information content (AvgIpc) is 3.55. The number of ketones is 1. The normalized spacial score (nSPS) is 16.4. The number of nitrogens with zero attached hydrogens (tertiary/aromatic N) is 3. The molecule has 1 fully saturated rings. The lowest BCUT2D eigenvalue weighted by Gasteiger charge is -2.22. The van der Waals surface area contributed by atoms with Crippen molar-refractivity contribution in [3.05, 3.63) is 106 Å². The number of hydrogen-bond acceptors (Lipinski definition) is 8. The first-order valence-electron chi connectivity index (χ1n) is 13.2. The second kappa shape index (κ2) is 12.7. The van der Waals surface area contributed by atoms with Crippen LogP contribution in [-0.2, 0) is 15.3 Å². The van der Waals surface area contributed by atoms with Crippen LogP contribution in [0.2, 0.25) is 0 Å². The molecular formula is C31H28FN3O4S2. The van der Waals surface area contributed by atoms with Crippen LogP contribution in [0.1, 0.15) is 48.1 Å². The first-order chi connectivity index (χ1) is 19.9. The molecule has 210 valence electrons. The molecule has 2 heterocycles. The van der Waals surface area contributed by atoms with E-state index in [1.54, 1.807) is 30.3 Å². The first kappa shape index (κ1) is 28.5. The third kappa shape index (κ3) is 6.34. The number of carbonyl (C=O) groups is 2. The standard InChI is InChI=1S/C31H28FN3O4S2/c1-3-4-16-39-24-14-12-21(13-15-24)27(36)25-26(22-6-5-7-23(32)17-22)35(29(38)28(25)37)30-33-34-31(41-30)40-18-20-10-8-19(2)9-11-20/h5-15,17,26,36H,3-4,16,18H2,1-2H3/b27-25+. The Morgan fingerprint density at radius 3 is 2.54 bits per heavy atom. The largest absolute Gasteiger partial charge is 0.507 e. The number of anilines is 1. The molecule has 1 saturated heterocycles. The number of amides is 1. The summed E-state index contributed by atoms with van der Waals surface area (Å²) >= 11 is 2.62. The Labute approximate surface area is 245 Å². The van der Waals surface area contributed by atoms with E-state index in [4.69, 9.17) is 4.74 Å². The van der Waals surface area contributed by atoms with Gasteiger partial charge in [-0.1, -0.05) is 78.4 Å². The Morgan fingerprint density at radius 1 is 1.07 bits per heavy atom. The Morgan fingerprint density at radius 2 is 1.83 bits per heavy atom. The lowest BCUT2D eigenvalue weighted by Crippen LogP contribution is -2.29. The second-order valence-electron chi connectivity index (χ2n) is 9.58. The molecule has 4 aromatic rings. The third-order valence-electron chi connectivity index (χ3n) is 6.59. The van der Waals surface area contributed by atoms with Gasteiger partial charge in [-0.3, -0.25) is 14.5 Å². The molecular weight excluding hydrogens is 561 g/mol. The summed E-state index contributed by atoms with van der Waals surface area (Å²) in [5, 5.41) is 19.9. The number of aliphatic hydroxyl groups excluding tert-OH is 1. The summed E-state index contributed by atoms with van der Waals surface area (Å²) in [7, 11) is 0. The smallest absolute Gasteiger partial charge is 0.301 e. The highest BCUT2D eigenvalue weighted by atomic mass is 32.2. The van der Waals surface area contributed by atoms with Crippen molar-refractivity contribution >= 4 is 45.7 Å². The van der Waals surface area contributed by atoms with Crippen molar-refractivity contribution in [2.75, 3.05) is 11.5 Å². The third-order valence-corrected chi connectivity index (χ3v) is 8.72. The monoisotopic (exact) mass is 589 g/mol. The maximum absolute atomic E-state index is 14.3. The van der Waals surface area contributed by atoms with E-state index in [1.165, 1.54) is 40.4 Å². The summed E-state index contributed by atoms with van der Waals surface area (Å²) in [6.45, 7) is 4.66. The lowest BCUT2D eigenvalue weighted by atomic mass is 9.95. The summed E-state index contributed by atoms with van der Waals surface area (Å²) in [5.74, 6) is -1.37. The van der Waals surface area contributed by atoms with Gasteiger partial charge in [0, 0.05) is 11.3 Å². The molecule has 3 aromatic carbocycles. The van der Waals surface area contributed by atoms with Crippen molar-refractivity contribution in [1.29, 1.82) is 0 Å². The number of unbranched alkanes of at least 4 members (excludes halogenated alkanes) is 1. The van der Waals surface area contributed by atoms with Crippen LogP contribution in [0.3, 0.4) is 0 Å². The summed E-state index contributed by atoms with van der Waals surface area (Å²) < 4.78 is 20.7. The highest BCUT2D eigenvalue weighted by Gasteiger charge is 2.48. The van der Waals surface area contributed by atoms with E-state index < -0.39 is 23.5 Å². The molecule has 0 radical (unpaired) electrons. The molecule has 1 aliphatic heterocycles. The van der Waals surface area contributed by atoms with Gasteiger partial charge in [0.1, 0.15) is 17.3 Å². The van der Waals surface area contributed by atoms with Crippen LogP contribution in [0.15, 0.2) is 82.7 Å². The number of halogens is 1. The van der Waals surface area contributed by atoms with Crippen molar-refractivity contribution in [3.63, 3.8) is 0 Å². The van der Waals surface area contributed by atoms with Crippen LogP contribution in [-0.4, -0.2) is 33.6 Å². The Balaban J connectivity index is 1.48. The Bertz CT molecular complexity index is 1590. The predicted octanol–water partition coefficient (Wildman–Crippen LogP) is 7.08. The van der Waals surface area contributed by atoms with Crippen molar-refractivity contribution < 1.29 is 23.8 Å². The molecule has 0 bridgehead atoms. The van der Waals surface area contributed by atoms with E-state index >= 15 is 0 Å². The highest BCUT2D eigenvalue weighted by molar-refractivity contribution is 8.00. The number of rotatable bonds is 10. The van der Waals surface area contributed by atoms with Gasteiger partial charge in [0.25, 0.3) is 5.78 Å². The fraction of sp³-hybridized carbons (Fsp3) is 0.226. The molecule has 1 N–H and O–H groups in total. The van der Waals surface area contributed by atoms with Crippen molar-refractivity contribution in [2.24, 2.45) is 0 Å².